The van der Waals surface area contributed by atoms with Gasteiger partial charge in [-0.2, -0.15) is 0 Å². The largest absolute Gasteiger partial charge is 0.497 e. The number of hydrogen-bond donors (Lipinski definition) is 0. The summed E-state index contributed by atoms with van der Waals surface area (Å²) in [5, 5.41) is 0.902. The molecule has 0 heterocycles. The molecule has 2 aromatic carbocycles. The molecule has 0 spiro atoms. The Morgan fingerprint density at radius 1 is 1.11 bits per heavy atom. The summed E-state index contributed by atoms with van der Waals surface area (Å²) < 4.78 is 5.24. The van der Waals surface area contributed by atoms with E-state index >= 15 is 0 Å². The minimum atomic E-state index is 0.902. The first-order chi connectivity index (χ1) is 9.33. The zero-order valence-electron chi connectivity index (χ0n) is 11.1. The van der Waals surface area contributed by atoms with Crippen LogP contribution in [0.3, 0.4) is 0 Å². The molecule has 0 unspecified atom stereocenters. The van der Waals surface area contributed by atoms with Crippen LogP contribution in [-0.2, 0) is 11.8 Å². The molecule has 0 aliphatic heterocycles. The van der Waals surface area contributed by atoms with E-state index < -0.39 is 0 Å². The Morgan fingerprint density at radius 2 is 1.95 bits per heavy atom. The van der Waals surface area contributed by atoms with Gasteiger partial charge in [-0.15, -0.1) is 0 Å². The van der Waals surface area contributed by atoms with Gasteiger partial charge in [-0.1, -0.05) is 64.1 Å². The third-order valence-corrected chi connectivity index (χ3v) is 3.73. The van der Waals surface area contributed by atoms with E-state index in [4.69, 9.17) is 4.74 Å². The minimum absolute atomic E-state index is 0.902. The van der Waals surface area contributed by atoms with E-state index in [0.29, 0.717) is 0 Å². The Hall–Kier alpha value is -1.22. The SMILES string of the molecule is COc1cccc(CC[B]c2ccccc2CBr)c1. The molecule has 0 atom stereocenters. The second kappa shape index (κ2) is 7.39. The molecule has 19 heavy (non-hydrogen) atoms. The van der Waals surface area contributed by atoms with Crippen LogP contribution in [0, 0.1) is 0 Å². The van der Waals surface area contributed by atoms with Crippen molar-refractivity contribution < 1.29 is 4.74 Å². The number of halogens is 1. The van der Waals surface area contributed by atoms with Gasteiger partial charge in [0.1, 0.15) is 5.75 Å². The van der Waals surface area contributed by atoms with Crippen molar-refractivity contribution in [1.29, 1.82) is 0 Å². The molecule has 1 radical (unpaired) electrons. The van der Waals surface area contributed by atoms with E-state index in [-0.39, 0.29) is 0 Å². The molecule has 0 bridgehead atoms. The topological polar surface area (TPSA) is 9.23 Å². The van der Waals surface area contributed by atoms with E-state index in [0.717, 1.165) is 23.8 Å². The maximum atomic E-state index is 5.24. The maximum absolute atomic E-state index is 5.24. The molecule has 2 aromatic rings. The van der Waals surface area contributed by atoms with Gasteiger partial charge in [0.15, 0.2) is 7.28 Å². The van der Waals surface area contributed by atoms with Gasteiger partial charge in [0.25, 0.3) is 0 Å². The molecule has 2 rings (SSSR count). The summed E-state index contributed by atoms with van der Waals surface area (Å²) >= 11 is 3.53. The van der Waals surface area contributed by atoms with Crippen LogP contribution in [0.25, 0.3) is 0 Å². The Labute approximate surface area is 124 Å². The van der Waals surface area contributed by atoms with Gasteiger partial charge < -0.3 is 4.74 Å². The zero-order chi connectivity index (χ0) is 13.5. The summed E-state index contributed by atoms with van der Waals surface area (Å²) in [7, 11) is 4.01. The zero-order valence-corrected chi connectivity index (χ0v) is 12.7. The average molecular weight is 316 g/mol. The normalized spacial score (nSPS) is 10.2. The number of benzene rings is 2. The van der Waals surface area contributed by atoms with Crippen molar-refractivity contribution in [3.05, 3.63) is 59.7 Å². The minimum Gasteiger partial charge on any atom is -0.497 e. The second-order valence-electron chi connectivity index (χ2n) is 4.43. The number of methoxy groups -OCH3 is 1. The lowest BCUT2D eigenvalue weighted by molar-refractivity contribution is 0.414. The highest BCUT2D eigenvalue weighted by Gasteiger charge is 2.02. The Bertz CT molecular complexity index is 528. The molecule has 97 valence electrons. The van der Waals surface area contributed by atoms with Crippen molar-refractivity contribution in [3.8, 4) is 5.75 Å². The van der Waals surface area contributed by atoms with E-state index in [1.54, 1.807) is 7.11 Å². The smallest absolute Gasteiger partial charge is 0.152 e. The molecule has 3 heteroatoms. The Kier molecular flexibility index (Phi) is 5.52. The van der Waals surface area contributed by atoms with Crippen LogP contribution in [0.1, 0.15) is 11.1 Å². The first-order valence-corrected chi connectivity index (χ1v) is 7.55. The van der Waals surface area contributed by atoms with Crippen LogP contribution in [0.4, 0.5) is 0 Å². The van der Waals surface area contributed by atoms with Crippen LogP contribution in [0.5, 0.6) is 5.75 Å². The summed E-state index contributed by atoms with van der Waals surface area (Å²) in [6, 6.07) is 16.8. The van der Waals surface area contributed by atoms with Gasteiger partial charge in [0.2, 0.25) is 0 Å². The molecule has 0 aliphatic carbocycles. The van der Waals surface area contributed by atoms with Gasteiger partial charge in [-0.3, -0.25) is 0 Å². The molecule has 0 fully saturated rings. The van der Waals surface area contributed by atoms with Crippen molar-refractivity contribution in [2.75, 3.05) is 7.11 Å². The van der Waals surface area contributed by atoms with E-state index in [1.807, 2.05) is 12.1 Å². The lowest BCUT2D eigenvalue weighted by atomic mass is 9.64. The van der Waals surface area contributed by atoms with Crippen LogP contribution in [0.2, 0.25) is 6.32 Å². The standard InChI is InChI=1S/C16H17BBrO/c1-19-15-7-4-5-13(11-15)9-10-17-16-8-3-2-6-14(16)12-18/h2-8,11H,9-10,12H2,1H3. The van der Waals surface area contributed by atoms with Crippen LogP contribution in [0.15, 0.2) is 48.5 Å². The Morgan fingerprint density at radius 3 is 2.74 bits per heavy atom. The summed E-state index contributed by atoms with van der Waals surface area (Å²) in [5.74, 6) is 0.929. The lowest BCUT2D eigenvalue weighted by Crippen LogP contribution is -2.18. The fourth-order valence-corrected chi connectivity index (χ4v) is 2.59. The molecule has 0 saturated heterocycles. The Balaban J connectivity index is 1.92. The summed E-state index contributed by atoms with van der Waals surface area (Å²) in [4.78, 5) is 0. The number of rotatable bonds is 6. The van der Waals surface area contributed by atoms with Crippen molar-refractivity contribution in [3.63, 3.8) is 0 Å². The quantitative estimate of drug-likeness (QED) is 0.585. The fourth-order valence-electron chi connectivity index (χ4n) is 2.08. The molecule has 0 aliphatic rings. The number of ether oxygens (including phenoxy) is 1. The van der Waals surface area contributed by atoms with Crippen LogP contribution in [-0.4, -0.2) is 14.4 Å². The average Bonchev–Trinajstić information content (AvgIpc) is 2.48. The van der Waals surface area contributed by atoms with Crippen LogP contribution < -0.4 is 10.2 Å². The summed E-state index contributed by atoms with van der Waals surface area (Å²) in [5.41, 5.74) is 3.97. The molecular weight excluding hydrogens is 299 g/mol. The van der Waals surface area contributed by atoms with Crippen molar-refractivity contribution in [2.24, 2.45) is 0 Å². The molecule has 0 amide bonds. The van der Waals surface area contributed by atoms with Gasteiger partial charge in [-0.25, -0.2) is 0 Å². The molecule has 0 N–H and O–H groups in total. The maximum Gasteiger partial charge on any atom is 0.152 e. The number of aryl methyl sites for hydroxylation is 1. The van der Waals surface area contributed by atoms with Gasteiger partial charge in [0, 0.05) is 5.33 Å². The predicted molar refractivity (Wildman–Crippen MR) is 86.0 cm³/mol. The van der Waals surface area contributed by atoms with Crippen molar-refractivity contribution in [2.45, 2.75) is 18.1 Å². The molecule has 1 nitrogen and oxygen atoms in total. The van der Waals surface area contributed by atoms with E-state index in [1.165, 1.54) is 16.6 Å². The number of alkyl halides is 1. The van der Waals surface area contributed by atoms with Crippen molar-refractivity contribution in [1.82, 2.24) is 0 Å². The van der Waals surface area contributed by atoms with E-state index in [2.05, 4.69) is 59.6 Å². The summed E-state index contributed by atoms with van der Waals surface area (Å²) in [6.07, 6.45) is 2.07. The monoisotopic (exact) mass is 315 g/mol. The van der Waals surface area contributed by atoms with E-state index in [9.17, 15) is 0 Å². The van der Waals surface area contributed by atoms with Crippen LogP contribution >= 0.6 is 15.9 Å². The molecule has 0 saturated carbocycles. The second-order valence-corrected chi connectivity index (χ2v) is 4.99. The third kappa shape index (κ3) is 4.14. The van der Waals surface area contributed by atoms with Gasteiger partial charge >= 0.3 is 0 Å². The predicted octanol–water partition coefficient (Wildman–Crippen LogP) is 3.58. The first-order valence-electron chi connectivity index (χ1n) is 6.43. The van der Waals surface area contributed by atoms with Gasteiger partial charge in [-0.05, 0) is 29.7 Å². The summed E-state index contributed by atoms with van der Waals surface area (Å²) in [6.45, 7) is 0. The van der Waals surface area contributed by atoms with Crippen molar-refractivity contribution >= 4 is 28.7 Å². The molecule has 0 aromatic heterocycles. The highest BCUT2D eigenvalue weighted by Crippen LogP contribution is 2.14. The lowest BCUT2D eigenvalue weighted by Gasteiger charge is -2.07. The first kappa shape index (κ1) is 14.2. The fraction of sp³-hybridized carbons (Fsp3) is 0.250. The highest BCUT2D eigenvalue weighted by molar-refractivity contribution is 9.08. The highest BCUT2D eigenvalue weighted by atomic mass is 79.9. The van der Waals surface area contributed by atoms with Gasteiger partial charge in [0.05, 0.1) is 7.11 Å². The third-order valence-electron chi connectivity index (χ3n) is 3.13. The molecular formula is C16H17BBrO. The number of hydrogen-bond acceptors (Lipinski definition) is 1.